The topological polar surface area (TPSA) is 35.8 Å². The van der Waals surface area contributed by atoms with Crippen molar-refractivity contribution in [2.24, 2.45) is 0 Å². The Bertz CT molecular complexity index is 384. The molecule has 0 saturated heterocycles. The molecule has 1 aliphatic rings. The van der Waals surface area contributed by atoms with Gasteiger partial charge in [0.2, 0.25) is 0 Å². The Morgan fingerprint density at radius 1 is 1.00 bits per heavy atom. The van der Waals surface area contributed by atoms with Crippen LogP contribution in [0.3, 0.4) is 0 Å². The van der Waals surface area contributed by atoms with E-state index in [1.165, 1.54) is 44.9 Å². The standard InChI is InChI=1S/C15H20N2/c16-12-13-8-6-7-11-15(13)17-14-9-4-2-1-3-5-10-14/h6-8,11,14,17H,1-5,9-10H2. The highest BCUT2D eigenvalue weighted by atomic mass is 14.9. The van der Waals surface area contributed by atoms with Gasteiger partial charge in [0.15, 0.2) is 0 Å². The van der Waals surface area contributed by atoms with Crippen LogP contribution in [-0.4, -0.2) is 6.04 Å². The zero-order valence-electron chi connectivity index (χ0n) is 10.3. The maximum atomic E-state index is 9.06. The summed E-state index contributed by atoms with van der Waals surface area (Å²) in [7, 11) is 0. The van der Waals surface area contributed by atoms with Gasteiger partial charge in [-0.05, 0) is 25.0 Å². The van der Waals surface area contributed by atoms with Crippen LogP contribution in [0.1, 0.15) is 50.5 Å². The van der Waals surface area contributed by atoms with Crippen molar-refractivity contribution in [3.05, 3.63) is 29.8 Å². The van der Waals surface area contributed by atoms with Crippen molar-refractivity contribution in [3.63, 3.8) is 0 Å². The molecule has 1 saturated carbocycles. The van der Waals surface area contributed by atoms with E-state index in [0.29, 0.717) is 6.04 Å². The minimum atomic E-state index is 0.546. The normalized spacial score (nSPS) is 17.8. The Balaban J connectivity index is 2.01. The third kappa shape index (κ3) is 3.49. The number of hydrogen-bond donors (Lipinski definition) is 1. The molecule has 0 radical (unpaired) electrons. The van der Waals surface area contributed by atoms with Gasteiger partial charge in [0, 0.05) is 6.04 Å². The van der Waals surface area contributed by atoms with E-state index in [4.69, 9.17) is 5.26 Å². The van der Waals surface area contributed by atoms with Crippen LogP contribution in [-0.2, 0) is 0 Å². The summed E-state index contributed by atoms with van der Waals surface area (Å²) in [5, 5.41) is 12.6. The first kappa shape index (κ1) is 12.0. The van der Waals surface area contributed by atoms with Crippen molar-refractivity contribution in [1.29, 1.82) is 5.26 Å². The number of hydrogen-bond acceptors (Lipinski definition) is 2. The number of anilines is 1. The average Bonchev–Trinajstić information content (AvgIpc) is 2.33. The molecule has 0 amide bonds. The van der Waals surface area contributed by atoms with E-state index >= 15 is 0 Å². The lowest BCUT2D eigenvalue weighted by Crippen LogP contribution is -2.21. The number of benzene rings is 1. The Labute approximate surface area is 104 Å². The molecule has 1 aromatic carbocycles. The zero-order valence-corrected chi connectivity index (χ0v) is 10.3. The highest BCUT2D eigenvalue weighted by Crippen LogP contribution is 2.22. The fraction of sp³-hybridized carbons (Fsp3) is 0.533. The van der Waals surface area contributed by atoms with Crippen LogP contribution in [0, 0.1) is 11.3 Å². The predicted molar refractivity (Wildman–Crippen MR) is 70.9 cm³/mol. The smallest absolute Gasteiger partial charge is 0.101 e. The molecule has 0 heterocycles. The van der Waals surface area contributed by atoms with Gasteiger partial charge in [-0.15, -0.1) is 0 Å². The summed E-state index contributed by atoms with van der Waals surface area (Å²) in [4.78, 5) is 0. The van der Waals surface area contributed by atoms with Crippen molar-refractivity contribution in [3.8, 4) is 6.07 Å². The number of nitrogens with one attached hydrogen (secondary N) is 1. The summed E-state index contributed by atoms with van der Waals surface area (Å²) in [6.07, 6.45) is 9.20. The van der Waals surface area contributed by atoms with Gasteiger partial charge in [-0.25, -0.2) is 0 Å². The molecule has 0 atom stereocenters. The van der Waals surface area contributed by atoms with Gasteiger partial charge in [-0.2, -0.15) is 5.26 Å². The molecule has 2 heteroatoms. The molecule has 0 bridgehead atoms. The van der Waals surface area contributed by atoms with Crippen LogP contribution in [0.2, 0.25) is 0 Å². The fourth-order valence-electron chi connectivity index (χ4n) is 2.53. The molecule has 17 heavy (non-hydrogen) atoms. The lowest BCUT2D eigenvalue weighted by molar-refractivity contribution is 0.471. The van der Waals surface area contributed by atoms with Gasteiger partial charge in [-0.3, -0.25) is 0 Å². The lowest BCUT2D eigenvalue weighted by atomic mass is 9.96. The largest absolute Gasteiger partial charge is 0.381 e. The maximum Gasteiger partial charge on any atom is 0.101 e. The van der Waals surface area contributed by atoms with E-state index in [0.717, 1.165) is 11.3 Å². The van der Waals surface area contributed by atoms with Crippen LogP contribution >= 0.6 is 0 Å². The van der Waals surface area contributed by atoms with E-state index in [-0.39, 0.29) is 0 Å². The molecule has 2 nitrogen and oxygen atoms in total. The summed E-state index contributed by atoms with van der Waals surface area (Å²) in [5.41, 5.74) is 1.76. The molecule has 2 rings (SSSR count). The highest BCUT2D eigenvalue weighted by molar-refractivity contribution is 5.57. The zero-order chi connectivity index (χ0) is 11.9. The van der Waals surface area contributed by atoms with Gasteiger partial charge in [0.1, 0.15) is 6.07 Å². The summed E-state index contributed by atoms with van der Waals surface area (Å²) in [6.45, 7) is 0. The van der Waals surface area contributed by atoms with Crippen molar-refractivity contribution in [2.45, 2.75) is 51.0 Å². The van der Waals surface area contributed by atoms with E-state index in [1.807, 2.05) is 24.3 Å². The second-order valence-electron chi connectivity index (χ2n) is 4.84. The van der Waals surface area contributed by atoms with Crippen LogP contribution in [0.15, 0.2) is 24.3 Å². The van der Waals surface area contributed by atoms with Gasteiger partial charge < -0.3 is 5.32 Å². The second kappa shape index (κ2) is 6.30. The Kier molecular flexibility index (Phi) is 4.44. The van der Waals surface area contributed by atoms with Crippen LogP contribution in [0.4, 0.5) is 5.69 Å². The molecular weight excluding hydrogens is 208 g/mol. The third-order valence-electron chi connectivity index (χ3n) is 3.51. The highest BCUT2D eigenvalue weighted by Gasteiger charge is 2.12. The van der Waals surface area contributed by atoms with E-state index in [1.54, 1.807) is 0 Å². The minimum absolute atomic E-state index is 0.546. The van der Waals surface area contributed by atoms with Gasteiger partial charge in [0.05, 0.1) is 11.3 Å². The fourth-order valence-corrected chi connectivity index (χ4v) is 2.53. The summed E-state index contributed by atoms with van der Waals surface area (Å²) in [6, 6.07) is 10.6. The van der Waals surface area contributed by atoms with Gasteiger partial charge in [-0.1, -0.05) is 44.2 Å². The molecular formula is C15H20N2. The van der Waals surface area contributed by atoms with Crippen molar-refractivity contribution < 1.29 is 0 Å². The number of para-hydroxylation sites is 1. The Morgan fingerprint density at radius 3 is 2.35 bits per heavy atom. The molecule has 0 spiro atoms. The van der Waals surface area contributed by atoms with Crippen molar-refractivity contribution >= 4 is 5.69 Å². The van der Waals surface area contributed by atoms with Crippen LogP contribution < -0.4 is 5.32 Å². The molecule has 1 N–H and O–H groups in total. The number of nitrogens with zero attached hydrogens (tertiary/aromatic N) is 1. The monoisotopic (exact) mass is 228 g/mol. The maximum absolute atomic E-state index is 9.06. The predicted octanol–water partition coefficient (Wildman–Crippen LogP) is 4.08. The molecule has 0 aromatic heterocycles. The van der Waals surface area contributed by atoms with E-state index in [2.05, 4.69) is 11.4 Å². The lowest BCUT2D eigenvalue weighted by Gasteiger charge is -2.22. The summed E-state index contributed by atoms with van der Waals surface area (Å²) >= 11 is 0. The van der Waals surface area contributed by atoms with Crippen LogP contribution in [0.25, 0.3) is 0 Å². The minimum Gasteiger partial charge on any atom is -0.381 e. The van der Waals surface area contributed by atoms with Crippen molar-refractivity contribution in [2.75, 3.05) is 5.32 Å². The number of nitriles is 1. The summed E-state index contributed by atoms with van der Waals surface area (Å²) in [5.74, 6) is 0. The third-order valence-corrected chi connectivity index (χ3v) is 3.51. The number of rotatable bonds is 2. The molecule has 1 aliphatic carbocycles. The van der Waals surface area contributed by atoms with Gasteiger partial charge in [0.25, 0.3) is 0 Å². The molecule has 0 aliphatic heterocycles. The molecule has 1 aromatic rings. The molecule has 1 fully saturated rings. The first-order valence-corrected chi connectivity index (χ1v) is 6.66. The first-order valence-electron chi connectivity index (χ1n) is 6.66. The van der Waals surface area contributed by atoms with Gasteiger partial charge >= 0.3 is 0 Å². The SMILES string of the molecule is N#Cc1ccccc1NC1CCCCCCC1. The second-order valence-corrected chi connectivity index (χ2v) is 4.84. The van der Waals surface area contributed by atoms with Crippen LogP contribution in [0.5, 0.6) is 0 Å². The molecule has 90 valence electrons. The Morgan fingerprint density at radius 2 is 1.65 bits per heavy atom. The molecule has 0 unspecified atom stereocenters. The summed E-state index contributed by atoms with van der Waals surface area (Å²) < 4.78 is 0. The van der Waals surface area contributed by atoms with Crippen molar-refractivity contribution in [1.82, 2.24) is 0 Å². The average molecular weight is 228 g/mol. The van der Waals surface area contributed by atoms with E-state index in [9.17, 15) is 0 Å². The first-order chi connectivity index (χ1) is 8.40. The quantitative estimate of drug-likeness (QED) is 0.827. The van der Waals surface area contributed by atoms with E-state index < -0.39 is 0 Å². The Hall–Kier alpha value is -1.49.